The number of halogens is 1. The highest BCUT2D eigenvalue weighted by Crippen LogP contribution is 2.33. The standard InChI is InChI=1S/C19H22ClN3O5S/c1-2-17(14-3-5-15(20)6-4-14)21-18-8-7-16(23(24)25)13-19(18)29(26,27)22-9-11-28-12-10-22/h3-8,13,17,21H,2,9-12H2,1H3/t17-/m0/s1. The zero-order valence-corrected chi connectivity index (χ0v) is 17.4. The van der Waals surface area contributed by atoms with Gasteiger partial charge in [-0.15, -0.1) is 0 Å². The van der Waals surface area contributed by atoms with Crippen LogP contribution in [0.3, 0.4) is 0 Å². The van der Waals surface area contributed by atoms with E-state index in [1.54, 1.807) is 12.1 Å². The maximum Gasteiger partial charge on any atom is 0.270 e. The van der Waals surface area contributed by atoms with Crippen LogP contribution < -0.4 is 5.32 Å². The number of morpholine rings is 1. The Hall–Kier alpha value is -2.20. The lowest BCUT2D eigenvalue weighted by Crippen LogP contribution is -2.40. The molecule has 29 heavy (non-hydrogen) atoms. The molecule has 0 bridgehead atoms. The fourth-order valence-corrected chi connectivity index (χ4v) is 4.90. The van der Waals surface area contributed by atoms with Crippen molar-refractivity contribution in [2.45, 2.75) is 24.3 Å². The molecule has 1 saturated heterocycles. The Balaban J connectivity index is 2.01. The highest BCUT2D eigenvalue weighted by molar-refractivity contribution is 7.89. The minimum atomic E-state index is -3.93. The monoisotopic (exact) mass is 439 g/mol. The van der Waals surface area contributed by atoms with Gasteiger partial charge in [0.1, 0.15) is 4.90 Å². The Labute approximate surface area is 174 Å². The Morgan fingerprint density at radius 1 is 1.21 bits per heavy atom. The maximum absolute atomic E-state index is 13.2. The van der Waals surface area contributed by atoms with Crippen LogP contribution in [0.4, 0.5) is 11.4 Å². The summed E-state index contributed by atoms with van der Waals surface area (Å²) in [5.41, 5.74) is 0.982. The molecular weight excluding hydrogens is 418 g/mol. The van der Waals surface area contributed by atoms with Gasteiger partial charge in [-0.05, 0) is 30.2 Å². The molecule has 0 spiro atoms. The van der Waals surface area contributed by atoms with Gasteiger partial charge in [0.2, 0.25) is 10.0 Å². The molecule has 156 valence electrons. The van der Waals surface area contributed by atoms with Crippen molar-refractivity contribution in [2.75, 3.05) is 31.6 Å². The summed E-state index contributed by atoms with van der Waals surface area (Å²) in [4.78, 5) is 10.5. The van der Waals surface area contributed by atoms with Gasteiger partial charge in [0.25, 0.3) is 5.69 Å². The summed E-state index contributed by atoms with van der Waals surface area (Å²) < 4.78 is 33.0. The van der Waals surface area contributed by atoms with Crippen molar-refractivity contribution in [3.63, 3.8) is 0 Å². The second-order valence-electron chi connectivity index (χ2n) is 6.61. The maximum atomic E-state index is 13.2. The van der Waals surface area contributed by atoms with E-state index in [4.69, 9.17) is 16.3 Å². The highest BCUT2D eigenvalue weighted by Gasteiger charge is 2.31. The molecule has 1 aliphatic heterocycles. The predicted octanol–water partition coefficient (Wildman–Crippen LogP) is 3.83. The number of nitro benzene ring substituents is 1. The van der Waals surface area contributed by atoms with Crippen molar-refractivity contribution < 1.29 is 18.1 Å². The number of hydrogen-bond donors (Lipinski definition) is 1. The first-order chi connectivity index (χ1) is 13.8. The molecule has 10 heteroatoms. The van der Waals surface area contributed by atoms with Gasteiger partial charge in [0, 0.05) is 30.2 Å². The van der Waals surface area contributed by atoms with Gasteiger partial charge in [0.15, 0.2) is 0 Å². The molecule has 3 rings (SSSR count). The number of rotatable bonds is 7. The zero-order valence-electron chi connectivity index (χ0n) is 15.9. The molecule has 0 aliphatic carbocycles. The topological polar surface area (TPSA) is 102 Å². The van der Waals surface area contributed by atoms with Gasteiger partial charge < -0.3 is 10.1 Å². The van der Waals surface area contributed by atoms with E-state index in [0.29, 0.717) is 30.3 Å². The molecule has 1 N–H and O–H groups in total. The lowest BCUT2D eigenvalue weighted by atomic mass is 10.0. The molecular formula is C19H22ClN3O5S. The van der Waals surface area contributed by atoms with Crippen LogP contribution in [0.2, 0.25) is 5.02 Å². The minimum Gasteiger partial charge on any atom is -0.379 e. The third-order valence-corrected chi connectivity index (χ3v) is 6.96. The first kappa shape index (κ1) is 21.5. The Morgan fingerprint density at radius 2 is 1.86 bits per heavy atom. The van der Waals surface area contributed by atoms with Gasteiger partial charge in [0.05, 0.1) is 29.9 Å². The predicted molar refractivity (Wildman–Crippen MR) is 111 cm³/mol. The summed E-state index contributed by atoms with van der Waals surface area (Å²) in [5.74, 6) is 0. The number of ether oxygens (including phenoxy) is 1. The number of nitro groups is 1. The molecule has 0 amide bonds. The number of sulfonamides is 1. The van der Waals surface area contributed by atoms with Crippen LogP contribution in [-0.2, 0) is 14.8 Å². The third-order valence-electron chi connectivity index (χ3n) is 4.77. The lowest BCUT2D eigenvalue weighted by molar-refractivity contribution is -0.385. The van der Waals surface area contributed by atoms with E-state index >= 15 is 0 Å². The van der Waals surface area contributed by atoms with E-state index < -0.39 is 14.9 Å². The molecule has 0 radical (unpaired) electrons. The van der Waals surface area contributed by atoms with E-state index in [1.807, 2.05) is 19.1 Å². The van der Waals surface area contributed by atoms with Crippen molar-refractivity contribution >= 4 is 33.0 Å². The first-order valence-electron chi connectivity index (χ1n) is 9.21. The normalized spacial score (nSPS) is 16.3. The van der Waals surface area contributed by atoms with Gasteiger partial charge in [-0.1, -0.05) is 30.7 Å². The van der Waals surface area contributed by atoms with Crippen LogP contribution in [0.25, 0.3) is 0 Å². The third kappa shape index (κ3) is 4.87. The molecule has 1 atom stereocenters. The Morgan fingerprint density at radius 3 is 2.45 bits per heavy atom. The first-order valence-corrected chi connectivity index (χ1v) is 11.0. The molecule has 8 nitrogen and oxygen atoms in total. The van der Waals surface area contributed by atoms with Crippen molar-refractivity contribution in [3.8, 4) is 0 Å². The quantitative estimate of drug-likeness (QED) is 0.519. The second kappa shape index (κ2) is 9.08. The second-order valence-corrected chi connectivity index (χ2v) is 8.95. The van der Waals surface area contributed by atoms with E-state index in [-0.39, 0.29) is 29.7 Å². The van der Waals surface area contributed by atoms with Crippen LogP contribution in [0, 0.1) is 10.1 Å². The van der Waals surface area contributed by atoms with Crippen molar-refractivity contribution in [1.29, 1.82) is 0 Å². The highest BCUT2D eigenvalue weighted by atomic mass is 35.5. The van der Waals surface area contributed by atoms with Gasteiger partial charge in [-0.3, -0.25) is 10.1 Å². The number of non-ortho nitro benzene ring substituents is 1. The Bertz CT molecular complexity index is 976. The summed E-state index contributed by atoms with van der Waals surface area (Å²) >= 11 is 5.96. The van der Waals surface area contributed by atoms with Gasteiger partial charge >= 0.3 is 0 Å². The van der Waals surface area contributed by atoms with Gasteiger partial charge in [-0.2, -0.15) is 4.31 Å². The van der Waals surface area contributed by atoms with Crippen LogP contribution in [0.5, 0.6) is 0 Å². The minimum absolute atomic E-state index is 0.110. The fraction of sp³-hybridized carbons (Fsp3) is 0.368. The largest absolute Gasteiger partial charge is 0.379 e. The Kier molecular flexibility index (Phi) is 6.74. The summed E-state index contributed by atoms with van der Waals surface area (Å²) in [6, 6.07) is 10.9. The van der Waals surface area contributed by atoms with E-state index in [2.05, 4.69) is 5.32 Å². The number of nitrogens with zero attached hydrogens (tertiary/aromatic N) is 2. The molecule has 1 fully saturated rings. The molecule has 0 saturated carbocycles. The average Bonchev–Trinajstić information content (AvgIpc) is 2.73. The van der Waals surface area contributed by atoms with Crippen LogP contribution in [0.1, 0.15) is 24.9 Å². The zero-order chi connectivity index (χ0) is 21.0. The lowest BCUT2D eigenvalue weighted by Gasteiger charge is -2.28. The van der Waals surface area contributed by atoms with Crippen LogP contribution in [0.15, 0.2) is 47.4 Å². The molecule has 2 aromatic rings. The number of anilines is 1. The van der Waals surface area contributed by atoms with E-state index in [1.165, 1.54) is 16.4 Å². The fourth-order valence-electron chi connectivity index (χ4n) is 3.19. The molecule has 0 unspecified atom stereocenters. The van der Waals surface area contributed by atoms with Crippen LogP contribution in [-0.4, -0.2) is 43.9 Å². The SMILES string of the molecule is CC[C@H](Nc1ccc([N+](=O)[O-])cc1S(=O)(=O)N1CCOCC1)c1ccc(Cl)cc1. The van der Waals surface area contributed by atoms with E-state index in [0.717, 1.165) is 11.6 Å². The molecule has 2 aromatic carbocycles. The number of hydrogen-bond acceptors (Lipinski definition) is 6. The summed E-state index contributed by atoms with van der Waals surface area (Å²) in [6.07, 6.45) is 0.676. The molecule has 1 aliphatic rings. The smallest absolute Gasteiger partial charge is 0.270 e. The summed E-state index contributed by atoms with van der Waals surface area (Å²) in [5, 5.41) is 15.1. The summed E-state index contributed by atoms with van der Waals surface area (Å²) in [6.45, 7) is 2.96. The molecule has 0 aromatic heterocycles. The van der Waals surface area contributed by atoms with Gasteiger partial charge in [-0.25, -0.2) is 8.42 Å². The van der Waals surface area contributed by atoms with Crippen LogP contribution >= 0.6 is 11.6 Å². The number of nitrogens with one attached hydrogen (secondary N) is 1. The van der Waals surface area contributed by atoms with Crippen molar-refractivity contribution in [3.05, 3.63) is 63.2 Å². The van der Waals surface area contributed by atoms with Crippen molar-refractivity contribution in [1.82, 2.24) is 4.31 Å². The van der Waals surface area contributed by atoms with E-state index in [9.17, 15) is 18.5 Å². The number of benzene rings is 2. The molecule has 1 heterocycles. The van der Waals surface area contributed by atoms with Crippen molar-refractivity contribution in [2.24, 2.45) is 0 Å². The summed E-state index contributed by atoms with van der Waals surface area (Å²) in [7, 11) is -3.93. The average molecular weight is 440 g/mol.